The van der Waals surface area contributed by atoms with Gasteiger partial charge in [-0.05, 0) is 69.1 Å². The van der Waals surface area contributed by atoms with E-state index in [0.29, 0.717) is 18.1 Å². The van der Waals surface area contributed by atoms with Crippen molar-refractivity contribution >= 4 is 6.03 Å². The minimum atomic E-state index is 0.0315. The molecule has 2 atom stereocenters. The molecule has 4 heteroatoms. The summed E-state index contributed by atoms with van der Waals surface area (Å²) in [6.45, 7) is 5.38. The SMILES string of the molecule is COC1CCC(CNC(=O)NC2CCC(CC(C)C)C2)CC1. The van der Waals surface area contributed by atoms with Gasteiger partial charge in [0.15, 0.2) is 0 Å². The Morgan fingerprint density at radius 3 is 2.41 bits per heavy atom. The van der Waals surface area contributed by atoms with Crippen molar-refractivity contribution in [2.45, 2.75) is 77.4 Å². The molecule has 2 aliphatic carbocycles. The molecule has 0 aromatic heterocycles. The van der Waals surface area contributed by atoms with Crippen LogP contribution in [0.25, 0.3) is 0 Å². The topological polar surface area (TPSA) is 50.4 Å². The van der Waals surface area contributed by atoms with Gasteiger partial charge in [-0.15, -0.1) is 0 Å². The maximum absolute atomic E-state index is 12.0. The van der Waals surface area contributed by atoms with Crippen molar-refractivity contribution in [3.63, 3.8) is 0 Å². The fourth-order valence-corrected chi connectivity index (χ4v) is 4.13. The normalized spacial score (nSPS) is 32.2. The molecule has 0 saturated heterocycles. The Hall–Kier alpha value is -0.770. The Morgan fingerprint density at radius 1 is 1.09 bits per heavy atom. The number of nitrogens with one attached hydrogen (secondary N) is 2. The molecule has 4 nitrogen and oxygen atoms in total. The largest absolute Gasteiger partial charge is 0.381 e. The lowest BCUT2D eigenvalue weighted by Crippen LogP contribution is -2.43. The first-order valence-corrected chi connectivity index (χ1v) is 9.14. The van der Waals surface area contributed by atoms with Gasteiger partial charge in [0, 0.05) is 19.7 Å². The van der Waals surface area contributed by atoms with Gasteiger partial charge in [-0.1, -0.05) is 13.8 Å². The monoisotopic (exact) mass is 310 g/mol. The number of urea groups is 1. The molecule has 0 radical (unpaired) electrons. The molecule has 2 aliphatic rings. The molecule has 2 unspecified atom stereocenters. The summed E-state index contributed by atoms with van der Waals surface area (Å²) in [6, 6.07) is 0.414. The Labute approximate surface area is 135 Å². The van der Waals surface area contributed by atoms with E-state index in [1.165, 1.54) is 25.7 Å². The molecule has 0 aliphatic heterocycles. The lowest BCUT2D eigenvalue weighted by atomic mass is 9.87. The summed E-state index contributed by atoms with van der Waals surface area (Å²) < 4.78 is 5.39. The van der Waals surface area contributed by atoms with Crippen molar-refractivity contribution in [3.8, 4) is 0 Å². The average Bonchev–Trinajstić information content (AvgIpc) is 2.92. The van der Waals surface area contributed by atoms with Crippen LogP contribution in [-0.2, 0) is 4.74 Å². The zero-order valence-corrected chi connectivity index (χ0v) is 14.6. The van der Waals surface area contributed by atoms with E-state index in [2.05, 4.69) is 24.5 Å². The Bertz CT molecular complexity index is 338. The van der Waals surface area contributed by atoms with Gasteiger partial charge in [-0.25, -0.2) is 4.79 Å². The smallest absolute Gasteiger partial charge is 0.315 e. The van der Waals surface area contributed by atoms with E-state index in [0.717, 1.165) is 44.1 Å². The number of amides is 2. The molecule has 0 aromatic carbocycles. The molecular formula is C18H34N2O2. The second kappa shape index (κ2) is 8.76. The number of methoxy groups -OCH3 is 1. The maximum atomic E-state index is 12.0. The summed E-state index contributed by atoms with van der Waals surface area (Å²) in [4.78, 5) is 12.0. The van der Waals surface area contributed by atoms with Crippen LogP contribution in [-0.4, -0.2) is 31.8 Å². The Balaban J connectivity index is 1.59. The number of hydrogen-bond acceptors (Lipinski definition) is 2. The summed E-state index contributed by atoms with van der Waals surface area (Å²) in [6.07, 6.45) is 9.88. The number of rotatable bonds is 6. The van der Waals surface area contributed by atoms with E-state index >= 15 is 0 Å². The van der Waals surface area contributed by atoms with Crippen LogP contribution in [0.15, 0.2) is 0 Å². The molecule has 2 N–H and O–H groups in total. The van der Waals surface area contributed by atoms with Gasteiger partial charge in [-0.2, -0.15) is 0 Å². The van der Waals surface area contributed by atoms with E-state index in [1.54, 1.807) is 7.11 Å². The molecule has 128 valence electrons. The lowest BCUT2D eigenvalue weighted by Gasteiger charge is -2.27. The minimum absolute atomic E-state index is 0.0315. The third-order valence-corrected chi connectivity index (χ3v) is 5.36. The molecule has 0 heterocycles. The summed E-state index contributed by atoms with van der Waals surface area (Å²) in [5.74, 6) is 2.18. The van der Waals surface area contributed by atoms with Crippen LogP contribution < -0.4 is 10.6 Å². The molecular weight excluding hydrogens is 276 g/mol. The first-order valence-electron chi connectivity index (χ1n) is 9.14. The molecule has 2 amide bonds. The highest BCUT2D eigenvalue weighted by atomic mass is 16.5. The second-order valence-corrected chi connectivity index (χ2v) is 7.74. The van der Waals surface area contributed by atoms with Gasteiger partial charge in [-0.3, -0.25) is 0 Å². The van der Waals surface area contributed by atoms with E-state index in [4.69, 9.17) is 4.74 Å². The van der Waals surface area contributed by atoms with Gasteiger partial charge in [0.2, 0.25) is 0 Å². The van der Waals surface area contributed by atoms with Crippen LogP contribution in [0.1, 0.15) is 65.2 Å². The first-order chi connectivity index (χ1) is 10.6. The predicted molar refractivity (Wildman–Crippen MR) is 89.9 cm³/mol. The van der Waals surface area contributed by atoms with Crippen molar-refractivity contribution < 1.29 is 9.53 Å². The third kappa shape index (κ3) is 5.79. The van der Waals surface area contributed by atoms with Crippen molar-refractivity contribution in [1.29, 1.82) is 0 Å². The molecule has 0 spiro atoms. The quantitative estimate of drug-likeness (QED) is 0.786. The van der Waals surface area contributed by atoms with Gasteiger partial charge in [0.05, 0.1) is 6.10 Å². The van der Waals surface area contributed by atoms with Crippen molar-refractivity contribution in [1.82, 2.24) is 10.6 Å². The van der Waals surface area contributed by atoms with Crippen LogP contribution in [0.3, 0.4) is 0 Å². The maximum Gasteiger partial charge on any atom is 0.315 e. The molecule has 2 rings (SSSR count). The zero-order valence-electron chi connectivity index (χ0n) is 14.6. The van der Waals surface area contributed by atoms with Gasteiger partial charge in [0.1, 0.15) is 0 Å². The summed E-state index contributed by atoms with van der Waals surface area (Å²) in [5.41, 5.74) is 0. The van der Waals surface area contributed by atoms with Crippen LogP contribution in [0, 0.1) is 17.8 Å². The Morgan fingerprint density at radius 2 is 1.77 bits per heavy atom. The molecule has 0 bridgehead atoms. The number of carbonyl (C=O) groups excluding carboxylic acids is 1. The third-order valence-electron chi connectivity index (χ3n) is 5.36. The summed E-state index contributed by atoms with van der Waals surface area (Å²) >= 11 is 0. The van der Waals surface area contributed by atoms with Crippen molar-refractivity contribution in [2.24, 2.45) is 17.8 Å². The predicted octanol–water partition coefficient (Wildman–Crippen LogP) is 3.71. The fourth-order valence-electron chi connectivity index (χ4n) is 4.13. The van der Waals surface area contributed by atoms with E-state index in [9.17, 15) is 4.79 Å². The van der Waals surface area contributed by atoms with Crippen LogP contribution in [0.2, 0.25) is 0 Å². The van der Waals surface area contributed by atoms with E-state index in [1.807, 2.05) is 0 Å². The van der Waals surface area contributed by atoms with Crippen LogP contribution >= 0.6 is 0 Å². The lowest BCUT2D eigenvalue weighted by molar-refractivity contribution is 0.0571. The fraction of sp³-hybridized carbons (Fsp3) is 0.944. The van der Waals surface area contributed by atoms with Crippen molar-refractivity contribution in [2.75, 3.05) is 13.7 Å². The first kappa shape index (κ1) is 17.6. The van der Waals surface area contributed by atoms with Gasteiger partial charge < -0.3 is 15.4 Å². The zero-order chi connectivity index (χ0) is 15.9. The van der Waals surface area contributed by atoms with Crippen LogP contribution in [0.5, 0.6) is 0 Å². The highest BCUT2D eigenvalue weighted by Crippen LogP contribution is 2.30. The molecule has 2 saturated carbocycles. The summed E-state index contributed by atoms with van der Waals surface area (Å²) in [7, 11) is 1.80. The number of carbonyl (C=O) groups is 1. The molecule has 2 fully saturated rings. The standard InChI is InChI=1S/C18H34N2O2/c1-13(2)10-15-4-7-16(11-15)20-18(21)19-12-14-5-8-17(22-3)9-6-14/h13-17H,4-12H2,1-3H3,(H2,19,20,21). The summed E-state index contributed by atoms with van der Waals surface area (Å²) in [5, 5.41) is 6.24. The molecule has 0 aromatic rings. The van der Waals surface area contributed by atoms with E-state index < -0.39 is 0 Å². The molecule has 22 heavy (non-hydrogen) atoms. The minimum Gasteiger partial charge on any atom is -0.381 e. The Kier molecular flexibility index (Phi) is 7.00. The van der Waals surface area contributed by atoms with Gasteiger partial charge in [0.25, 0.3) is 0 Å². The van der Waals surface area contributed by atoms with Crippen LogP contribution in [0.4, 0.5) is 4.79 Å². The van der Waals surface area contributed by atoms with E-state index in [-0.39, 0.29) is 6.03 Å². The number of hydrogen-bond donors (Lipinski definition) is 2. The highest BCUT2D eigenvalue weighted by Gasteiger charge is 2.26. The highest BCUT2D eigenvalue weighted by molar-refractivity contribution is 5.74. The average molecular weight is 310 g/mol. The number of ether oxygens (including phenoxy) is 1. The second-order valence-electron chi connectivity index (χ2n) is 7.74. The van der Waals surface area contributed by atoms with Crippen molar-refractivity contribution in [3.05, 3.63) is 0 Å². The van der Waals surface area contributed by atoms with Gasteiger partial charge >= 0.3 is 6.03 Å².